The van der Waals surface area contributed by atoms with Gasteiger partial charge in [0.25, 0.3) is 10.1 Å². The maximum atomic E-state index is 13.0. The number of para-hydroxylation sites is 1. The van der Waals surface area contributed by atoms with Crippen LogP contribution in [0.4, 0.5) is 0 Å². The van der Waals surface area contributed by atoms with Crippen LogP contribution < -0.4 is 4.74 Å². The number of hydrogen-bond donors (Lipinski definition) is 1. The summed E-state index contributed by atoms with van der Waals surface area (Å²) < 4.78 is 36.9. The summed E-state index contributed by atoms with van der Waals surface area (Å²) in [6.07, 6.45) is 1.64. The number of carbonyl (C=O) groups excluding carboxylic acids is 1. The highest BCUT2D eigenvalue weighted by Crippen LogP contribution is 2.41. The highest BCUT2D eigenvalue weighted by molar-refractivity contribution is 7.85. The van der Waals surface area contributed by atoms with Crippen LogP contribution in [0.5, 0.6) is 5.75 Å². The fourth-order valence-electron chi connectivity index (χ4n) is 4.21. The molecule has 1 saturated heterocycles. The first kappa shape index (κ1) is 23.9. The first-order chi connectivity index (χ1) is 14.6. The van der Waals surface area contributed by atoms with E-state index in [1.807, 2.05) is 30.3 Å². The molecule has 6 nitrogen and oxygen atoms in total. The Bertz CT molecular complexity index is 1060. The molecular formula is C22H25Cl2NO5S. The van der Waals surface area contributed by atoms with Gasteiger partial charge in [-0.2, -0.15) is 8.42 Å². The quantitative estimate of drug-likeness (QED) is 0.560. The van der Waals surface area contributed by atoms with E-state index >= 15 is 0 Å². The Labute approximate surface area is 192 Å². The van der Waals surface area contributed by atoms with Crippen molar-refractivity contribution < 1.29 is 22.5 Å². The predicted molar refractivity (Wildman–Crippen MR) is 122 cm³/mol. The second kappa shape index (κ2) is 9.77. The van der Waals surface area contributed by atoms with Crippen molar-refractivity contribution in [1.82, 2.24) is 4.90 Å². The second-order valence-corrected chi connectivity index (χ2v) is 10.2. The van der Waals surface area contributed by atoms with Crippen molar-refractivity contribution in [3.8, 4) is 5.75 Å². The molecular weight excluding hydrogens is 461 g/mol. The van der Waals surface area contributed by atoms with Gasteiger partial charge < -0.3 is 9.64 Å². The number of methoxy groups -OCH3 is 1. The molecule has 1 aliphatic rings. The molecule has 168 valence electrons. The number of halogens is 2. The predicted octanol–water partition coefficient (Wildman–Crippen LogP) is 4.38. The zero-order valence-corrected chi connectivity index (χ0v) is 19.5. The molecule has 0 radical (unpaired) electrons. The zero-order valence-electron chi connectivity index (χ0n) is 17.2. The smallest absolute Gasteiger partial charge is 0.264 e. The van der Waals surface area contributed by atoms with E-state index in [0.29, 0.717) is 41.7 Å². The van der Waals surface area contributed by atoms with Gasteiger partial charge in [-0.3, -0.25) is 9.35 Å². The molecule has 1 atom stereocenters. The molecule has 1 unspecified atom stereocenters. The summed E-state index contributed by atoms with van der Waals surface area (Å²) in [5.74, 6) is 0.311. The van der Waals surface area contributed by atoms with Crippen LogP contribution in [0.2, 0.25) is 10.0 Å². The Balaban J connectivity index is 1.81. The fourth-order valence-corrected chi connectivity index (χ4v) is 5.02. The average Bonchev–Trinajstić information content (AvgIpc) is 3.15. The largest absolute Gasteiger partial charge is 0.496 e. The molecule has 1 aliphatic heterocycles. The van der Waals surface area contributed by atoms with E-state index in [1.54, 1.807) is 24.1 Å². The summed E-state index contributed by atoms with van der Waals surface area (Å²) >= 11 is 12.3. The molecule has 2 aromatic carbocycles. The van der Waals surface area contributed by atoms with Gasteiger partial charge in [0.15, 0.2) is 0 Å². The Kier molecular flexibility index (Phi) is 7.52. The van der Waals surface area contributed by atoms with Crippen LogP contribution in [0.15, 0.2) is 42.5 Å². The van der Waals surface area contributed by atoms with Gasteiger partial charge in [0, 0.05) is 24.1 Å². The Morgan fingerprint density at radius 3 is 2.61 bits per heavy atom. The molecule has 1 N–H and O–H groups in total. The molecule has 2 aromatic rings. The summed E-state index contributed by atoms with van der Waals surface area (Å²) in [4.78, 5) is 14.8. The molecule has 3 rings (SSSR count). The van der Waals surface area contributed by atoms with Crippen molar-refractivity contribution in [2.24, 2.45) is 0 Å². The normalized spacial score (nSPS) is 18.9. The maximum Gasteiger partial charge on any atom is 0.264 e. The molecule has 0 aliphatic carbocycles. The number of nitrogens with zero attached hydrogens (tertiary/aromatic N) is 1. The van der Waals surface area contributed by atoms with E-state index in [0.717, 1.165) is 11.1 Å². The van der Waals surface area contributed by atoms with E-state index in [4.69, 9.17) is 32.5 Å². The summed E-state index contributed by atoms with van der Waals surface area (Å²) in [6, 6.07) is 12.8. The summed E-state index contributed by atoms with van der Waals surface area (Å²) in [6.45, 7) is 0.977. The number of benzene rings is 2. The van der Waals surface area contributed by atoms with Gasteiger partial charge in [0.05, 0.1) is 29.3 Å². The van der Waals surface area contributed by atoms with Gasteiger partial charge >= 0.3 is 0 Å². The molecule has 31 heavy (non-hydrogen) atoms. The van der Waals surface area contributed by atoms with Crippen molar-refractivity contribution >= 4 is 39.2 Å². The van der Waals surface area contributed by atoms with Gasteiger partial charge in [-0.05, 0) is 43.0 Å². The van der Waals surface area contributed by atoms with E-state index in [-0.39, 0.29) is 24.5 Å². The van der Waals surface area contributed by atoms with E-state index in [1.165, 1.54) is 0 Å². The maximum absolute atomic E-state index is 13.0. The monoisotopic (exact) mass is 485 g/mol. The Hall–Kier alpha value is -1.80. The van der Waals surface area contributed by atoms with Crippen molar-refractivity contribution in [3.63, 3.8) is 0 Å². The van der Waals surface area contributed by atoms with Crippen LogP contribution in [-0.2, 0) is 26.7 Å². The van der Waals surface area contributed by atoms with E-state index in [9.17, 15) is 13.2 Å². The Morgan fingerprint density at radius 2 is 1.94 bits per heavy atom. The first-order valence-electron chi connectivity index (χ1n) is 9.94. The van der Waals surface area contributed by atoms with Crippen molar-refractivity contribution in [2.75, 3.05) is 26.0 Å². The number of likely N-dealkylation sites (tertiary alicyclic amines) is 1. The molecule has 9 heteroatoms. The summed E-state index contributed by atoms with van der Waals surface area (Å²) in [5, 5.41) is 0.840. The molecule has 0 spiro atoms. The highest BCUT2D eigenvalue weighted by atomic mass is 35.5. The third-order valence-corrected chi connectivity index (χ3v) is 7.37. The molecule has 0 saturated carbocycles. The minimum Gasteiger partial charge on any atom is -0.496 e. The number of carbonyl (C=O) groups is 1. The highest BCUT2D eigenvalue weighted by Gasteiger charge is 2.41. The standard InChI is InChI=1S/C22H25Cl2NO5S/c1-30-20-6-3-2-5-16(20)13-21(26)25-11-10-22(15-25,9-4-12-31(27,28)29)17-7-8-18(23)19(24)14-17/h2-3,5-8,14H,4,9-13,15H2,1H3,(H,27,28,29). The van der Waals surface area contributed by atoms with Gasteiger partial charge in [0.1, 0.15) is 5.75 Å². The number of ether oxygens (including phenoxy) is 1. The molecule has 1 heterocycles. The lowest BCUT2D eigenvalue weighted by Crippen LogP contribution is -2.35. The first-order valence-corrected chi connectivity index (χ1v) is 12.3. The minimum atomic E-state index is -4.06. The van der Waals surface area contributed by atoms with Gasteiger partial charge in [-0.15, -0.1) is 0 Å². The lowest BCUT2D eigenvalue weighted by molar-refractivity contribution is -0.129. The van der Waals surface area contributed by atoms with Crippen LogP contribution >= 0.6 is 23.2 Å². The second-order valence-electron chi connectivity index (χ2n) is 7.85. The van der Waals surface area contributed by atoms with E-state index in [2.05, 4.69) is 0 Å². The van der Waals surface area contributed by atoms with Gasteiger partial charge in [-0.25, -0.2) is 0 Å². The lowest BCUT2D eigenvalue weighted by Gasteiger charge is -2.30. The summed E-state index contributed by atoms with van der Waals surface area (Å²) in [7, 11) is -2.49. The molecule has 0 aromatic heterocycles. The van der Waals surface area contributed by atoms with Crippen LogP contribution in [0, 0.1) is 0 Å². The zero-order chi connectivity index (χ0) is 22.6. The van der Waals surface area contributed by atoms with Gasteiger partial charge in [-0.1, -0.05) is 47.5 Å². The fraction of sp³-hybridized carbons (Fsp3) is 0.409. The molecule has 1 fully saturated rings. The topological polar surface area (TPSA) is 83.9 Å². The lowest BCUT2D eigenvalue weighted by atomic mass is 9.76. The number of hydrogen-bond acceptors (Lipinski definition) is 4. The third kappa shape index (κ3) is 5.92. The SMILES string of the molecule is COc1ccccc1CC(=O)N1CCC(CCCS(=O)(=O)O)(c2ccc(Cl)c(Cl)c2)C1. The van der Waals surface area contributed by atoms with Crippen LogP contribution in [0.3, 0.4) is 0 Å². The third-order valence-electron chi connectivity index (χ3n) is 5.83. The minimum absolute atomic E-state index is 0.0267. The average molecular weight is 486 g/mol. The van der Waals surface area contributed by atoms with Gasteiger partial charge in [0.2, 0.25) is 5.91 Å². The van der Waals surface area contributed by atoms with Crippen LogP contribution in [0.1, 0.15) is 30.4 Å². The molecule has 0 bridgehead atoms. The van der Waals surface area contributed by atoms with Crippen molar-refractivity contribution in [2.45, 2.75) is 31.1 Å². The molecule has 1 amide bonds. The Morgan fingerprint density at radius 1 is 1.19 bits per heavy atom. The van der Waals surface area contributed by atoms with Crippen LogP contribution in [0.25, 0.3) is 0 Å². The number of amides is 1. The number of rotatable bonds is 8. The van der Waals surface area contributed by atoms with Crippen molar-refractivity contribution in [1.29, 1.82) is 0 Å². The summed E-state index contributed by atoms with van der Waals surface area (Å²) in [5.41, 5.74) is 1.26. The van der Waals surface area contributed by atoms with Crippen molar-refractivity contribution in [3.05, 3.63) is 63.6 Å². The van der Waals surface area contributed by atoms with Crippen LogP contribution in [-0.4, -0.2) is 49.7 Å². The van der Waals surface area contributed by atoms with E-state index < -0.39 is 15.5 Å².